The second-order valence-corrected chi connectivity index (χ2v) is 9.29. The average molecular weight is 439 g/mol. The SMILES string of the molecule is CCCCCCCCCCCCCC(=O)NCCC[N+](C)(C)Cc1ccccc1.[Cl-]. The van der Waals surface area contributed by atoms with Crippen LogP contribution in [0, 0.1) is 0 Å². The molecule has 0 radical (unpaired) electrons. The van der Waals surface area contributed by atoms with Gasteiger partial charge in [-0.3, -0.25) is 4.79 Å². The van der Waals surface area contributed by atoms with Gasteiger partial charge in [-0.2, -0.15) is 0 Å². The van der Waals surface area contributed by atoms with E-state index in [1.54, 1.807) is 0 Å². The highest BCUT2D eigenvalue weighted by molar-refractivity contribution is 5.75. The van der Waals surface area contributed by atoms with Gasteiger partial charge in [0, 0.05) is 24.9 Å². The van der Waals surface area contributed by atoms with Crippen molar-refractivity contribution in [1.82, 2.24) is 5.32 Å². The number of quaternary nitrogens is 1. The summed E-state index contributed by atoms with van der Waals surface area (Å²) < 4.78 is 0.957. The van der Waals surface area contributed by atoms with Crippen molar-refractivity contribution in [2.75, 3.05) is 27.2 Å². The Hall–Kier alpha value is -1.06. The van der Waals surface area contributed by atoms with Gasteiger partial charge in [0.25, 0.3) is 0 Å². The van der Waals surface area contributed by atoms with Crippen LogP contribution in [-0.4, -0.2) is 37.6 Å². The molecule has 0 aliphatic rings. The molecule has 1 aromatic rings. The van der Waals surface area contributed by atoms with Crippen molar-refractivity contribution in [2.45, 2.75) is 96.9 Å². The van der Waals surface area contributed by atoms with E-state index in [9.17, 15) is 4.79 Å². The van der Waals surface area contributed by atoms with Crippen molar-refractivity contribution in [3.8, 4) is 0 Å². The van der Waals surface area contributed by atoms with E-state index >= 15 is 0 Å². The molecule has 174 valence electrons. The minimum Gasteiger partial charge on any atom is -1.00 e. The zero-order valence-corrected chi connectivity index (χ0v) is 20.7. The topological polar surface area (TPSA) is 29.1 Å². The Morgan fingerprint density at radius 3 is 1.90 bits per heavy atom. The van der Waals surface area contributed by atoms with Gasteiger partial charge in [-0.05, 0) is 6.42 Å². The monoisotopic (exact) mass is 438 g/mol. The van der Waals surface area contributed by atoms with E-state index in [1.807, 2.05) is 0 Å². The Labute approximate surface area is 193 Å². The van der Waals surface area contributed by atoms with Crippen LogP contribution in [0.25, 0.3) is 0 Å². The first-order valence-electron chi connectivity index (χ1n) is 12.2. The third-order valence-electron chi connectivity index (χ3n) is 5.72. The number of benzene rings is 1. The van der Waals surface area contributed by atoms with E-state index in [1.165, 1.54) is 69.8 Å². The lowest BCUT2D eigenvalue weighted by atomic mass is 10.1. The summed E-state index contributed by atoms with van der Waals surface area (Å²) in [6.45, 7) is 5.18. The maximum atomic E-state index is 12.0. The van der Waals surface area contributed by atoms with Crippen molar-refractivity contribution in [3.63, 3.8) is 0 Å². The van der Waals surface area contributed by atoms with Crippen LogP contribution in [0.1, 0.15) is 96.0 Å². The molecule has 0 heterocycles. The molecule has 4 heteroatoms. The summed E-state index contributed by atoms with van der Waals surface area (Å²) in [5.41, 5.74) is 1.37. The molecule has 1 aromatic carbocycles. The van der Waals surface area contributed by atoms with Crippen LogP contribution in [0.3, 0.4) is 0 Å². The van der Waals surface area contributed by atoms with Gasteiger partial charge >= 0.3 is 0 Å². The van der Waals surface area contributed by atoms with E-state index in [0.717, 1.165) is 37.0 Å². The molecule has 0 fully saturated rings. The number of hydrogen-bond acceptors (Lipinski definition) is 1. The van der Waals surface area contributed by atoms with Gasteiger partial charge in [-0.25, -0.2) is 0 Å². The highest BCUT2D eigenvalue weighted by Gasteiger charge is 2.15. The molecule has 1 N–H and O–H groups in total. The summed E-state index contributed by atoms with van der Waals surface area (Å²) >= 11 is 0. The molecule has 0 aliphatic carbocycles. The highest BCUT2D eigenvalue weighted by atomic mass is 35.5. The van der Waals surface area contributed by atoms with Gasteiger partial charge < -0.3 is 22.2 Å². The molecule has 0 aliphatic heterocycles. The number of carbonyl (C=O) groups excluding carboxylic acids is 1. The molecule has 0 atom stereocenters. The van der Waals surface area contributed by atoms with Crippen LogP contribution in [0.15, 0.2) is 30.3 Å². The van der Waals surface area contributed by atoms with Crippen molar-refractivity contribution in [1.29, 1.82) is 0 Å². The largest absolute Gasteiger partial charge is 1.00 e. The predicted molar refractivity (Wildman–Crippen MR) is 126 cm³/mol. The summed E-state index contributed by atoms with van der Waals surface area (Å²) in [6, 6.07) is 10.6. The third kappa shape index (κ3) is 16.7. The number of amides is 1. The van der Waals surface area contributed by atoms with Gasteiger partial charge in [0.2, 0.25) is 5.91 Å². The highest BCUT2D eigenvalue weighted by Crippen LogP contribution is 2.12. The van der Waals surface area contributed by atoms with E-state index in [2.05, 4.69) is 56.7 Å². The molecule has 0 spiro atoms. The maximum Gasteiger partial charge on any atom is 0.219 e. The summed E-state index contributed by atoms with van der Waals surface area (Å²) in [7, 11) is 4.53. The van der Waals surface area contributed by atoms with Crippen LogP contribution in [-0.2, 0) is 11.3 Å². The molecule has 30 heavy (non-hydrogen) atoms. The molecular weight excluding hydrogens is 392 g/mol. The summed E-state index contributed by atoms with van der Waals surface area (Å²) in [5.74, 6) is 0.231. The first-order chi connectivity index (χ1) is 14.0. The Balaban J connectivity index is 0.00000841. The van der Waals surface area contributed by atoms with Crippen molar-refractivity contribution in [2.24, 2.45) is 0 Å². The maximum absolute atomic E-state index is 12.0. The molecule has 0 aromatic heterocycles. The lowest BCUT2D eigenvalue weighted by molar-refractivity contribution is -0.903. The Morgan fingerprint density at radius 2 is 1.33 bits per heavy atom. The molecule has 0 unspecified atom stereocenters. The van der Waals surface area contributed by atoms with E-state index in [-0.39, 0.29) is 18.3 Å². The average Bonchev–Trinajstić information content (AvgIpc) is 2.70. The van der Waals surface area contributed by atoms with Gasteiger partial charge in [-0.15, -0.1) is 0 Å². The van der Waals surface area contributed by atoms with E-state index < -0.39 is 0 Å². The number of carbonyl (C=O) groups is 1. The molecular formula is C26H47ClN2O. The van der Waals surface area contributed by atoms with Crippen LogP contribution < -0.4 is 17.7 Å². The van der Waals surface area contributed by atoms with Crippen LogP contribution >= 0.6 is 0 Å². The van der Waals surface area contributed by atoms with Gasteiger partial charge in [-0.1, -0.05) is 101 Å². The fraction of sp³-hybridized carbons (Fsp3) is 0.731. The smallest absolute Gasteiger partial charge is 0.219 e. The zero-order valence-electron chi connectivity index (χ0n) is 19.9. The summed E-state index contributed by atoms with van der Waals surface area (Å²) in [4.78, 5) is 12.0. The van der Waals surface area contributed by atoms with Gasteiger partial charge in [0.15, 0.2) is 0 Å². The number of nitrogens with one attached hydrogen (secondary N) is 1. The van der Waals surface area contributed by atoms with Crippen LogP contribution in [0.2, 0.25) is 0 Å². The summed E-state index contributed by atoms with van der Waals surface area (Å²) in [6.07, 6.45) is 16.3. The fourth-order valence-corrected chi connectivity index (χ4v) is 3.93. The number of rotatable bonds is 18. The van der Waals surface area contributed by atoms with Crippen molar-refractivity contribution in [3.05, 3.63) is 35.9 Å². The predicted octanol–water partition coefficient (Wildman–Crippen LogP) is 3.47. The van der Waals surface area contributed by atoms with Gasteiger partial charge in [0.1, 0.15) is 6.54 Å². The minimum absolute atomic E-state index is 0. The quantitative estimate of drug-likeness (QED) is 0.276. The third-order valence-corrected chi connectivity index (χ3v) is 5.72. The molecule has 0 bridgehead atoms. The first kappa shape index (κ1) is 28.9. The second kappa shape index (κ2) is 18.7. The molecule has 1 rings (SSSR count). The standard InChI is InChI=1S/C26H46N2O.ClH/c1-4-5-6-7-8-9-10-11-12-13-17-21-26(29)27-22-18-23-28(2,3)24-25-19-15-14-16-20-25;/h14-16,19-20H,4-13,17-18,21-24H2,1-3H3;1H. The van der Waals surface area contributed by atoms with Gasteiger partial charge in [0.05, 0.1) is 20.6 Å². The Morgan fingerprint density at radius 1 is 0.800 bits per heavy atom. The normalized spacial score (nSPS) is 11.2. The fourth-order valence-electron chi connectivity index (χ4n) is 3.93. The second-order valence-electron chi connectivity index (χ2n) is 9.29. The van der Waals surface area contributed by atoms with Crippen LogP contribution in [0.5, 0.6) is 0 Å². The first-order valence-corrected chi connectivity index (χ1v) is 12.2. The molecule has 0 saturated heterocycles. The summed E-state index contributed by atoms with van der Waals surface area (Å²) in [5, 5.41) is 3.11. The molecule has 3 nitrogen and oxygen atoms in total. The zero-order chi connectivity index (χ0) is 21.2. The lowest BCUT2D eigenvalue weighted by Crippen LogP contribution is -3.00. The van der Waals surface area contributed by atoms with Crippen molar-refractivity contribution < 1.29 is 21.7 Å². The number of unbranched alkanes of at least 4 members (excludes halogenated alkanes) is 10. The number of halogens is 1. The van der Waals surface area contributed by atoms with E-state index in [0.29, 0.717) is 6.42 Å². The van der Waals surface area contributed by atoms with E-state index in [4.69, 9.17) is 0 Å². The Bertz CT molecular complexity index is 519. The van der Waals surface area contributed by atoms with Crippen molar-refractivity contribution >= 4 is 5.91 Å². The Kier molecular flexibility index (Phi) is 18.0. The minimum atomic E-state index is 0. The molecule has 0 saturated carbocycles. The number of hydrogen-bond donors (Lipinski definition) is 1. The molecule has 1 amide bonds. The lowest BCUT2D eigenvalue weighted by Gasteiger charge is -2.30. The van der Waals surface area contributed by atoms with Crippen LogP contribution in [0.4, 0.5) is 0 Å². The number of nitrogens with zero attached hydrogens (tertiary/aromatic N) is 1.